The number of rotatable bonds is 7. The van der Waals surface area contributed by atoms with E-state index in [2.05, 4.69) is 10.2 Å². The largest absolute Gasteiger partial charge is 0.483 e. The van der Waals surface area contributed by atoms with E-state index >= 15 is 0 Å². The molecule has 0 aromatic heterocycles. The number of ether oxygens (including phenoxy) is 2. The highest BCUT2D eigenvalue weighted by Crippen LogP contribution is 2.36. The van der Waals surface area contributed by atoms with E-state index in [-0.39, 0.29) is 18.4 Å². The molecule has 0 radical (unpaired) electrons. The fraction of sp³-hybridized carbons (Fsp3) is 0.462. The first-order chi connectivity index (χ1) is 15.9. The minimum Gasteiger partial charge on any atom is -0.483 e. The summed E-state index contributed by atoms with van der Waals surface area (Å²) >= 11 is 0. The van der Waals surface area contributed by atoms with Crippen LogP contribution in [0.3, 0.4) is 0 Å². The molecule has 0 bridgehead atoms. The topological polar surface area (TPSA) is 71.1 Å². The van der Waals surface area contributed by atoms with Gasteiger partial charge >= 0.3 is 0 Å². The fourth-order valence-corrected chi connectivity index (χ4v) is 4.50. The highest BCUT2D eigenvalue weighted by molar-refractivity contribution is 6.01. The summed E-state index contributed by atoms with van der Waals surface area (Å²) in [4.78, 5) is 29.6. The molecule has 0 saturated carbocycles. The van der Waals surface area contributed by atoms with Crippen molar-refractivity contribution in [1.82, 2.24) is 4.90 Å². The van der Waals surface area contributed by atoms with Crippen LogP contribution in [0.1, 0.15) is 37.3 Å². The number of anilines is 2. The zero-order valence-corrected chi connectivity index (χ0v) is 19.7. The summed E-state index contributed by atoms with van der Waals surface area (Å²) in [5.74, 6) is 1.08. The first kappa shape index (κ1) is 23.1. The summed E-state index contributed by atoms with van der Waals surface area (Å²) in [6.07, 6.45) is 3.18. The van der Waals surface area contributed by atoms with Gasteiger partial charge in [0.2, 0.25) is 0 Å². The quantitative estimate of drug-likeness (QED) is 0.691. The number of benzene rings is 2. The molecular formula is C26H33N3O4. The van der Waals surface area contributed by atoms with E-state index in [9.17, 15) is 9.59 Å². The van der Waals surface area contributed by atoms with Crippen molar-refractivity contribution >= 4 is 23.2 Å². The first-order valence-corrected chi connectivity index (χ1v) is 11.8. The van der Waals surface area contributed by atoms with Gasteiger partial charge in [0.05, 0.1) is 5.69 Å². The van der Waals surface area contributed by atoms with Crippen molar-refractivity contribution in [2.75, 3.05) is 43.0 Å². The third-order valence-electron chi connectivity index (χ3n) is 6.30. The van der Waals surface area contributed by atoms with Crippen LogP contribution in [-0.4, -0.2) is 55.6 Å². The van der Waals surface area contributed by atoms with Crippen LogP contribution in [0.5, 0.6) is 11.5 Å². The van der Waals surface area contributed by atoms with Gasteiger partial charge < -0.3 is 24.6 Å². The number of fused-ring (bicyclic) bond motifs is 1. The van der Waals surface area contributed by atoms with Gasteiger partial charge in [0.25, 0.3) is 11.8 Å². The van der Waals surface area contributed by atoms with Gasteiger partial charge in [0.15, 0.2) is 12.7 Å². The van der Waals surface area contributed by atoms with Crippen LogP contribution < -0.4 is 19.7 Å². The molecule has 2 aromatic rings. The Hall–Kier alpha value is -3.06. The number of hydrogen-bond donors (Lipinski definition) is 1. The molecule has 2 aromatic carbocycles. The van der Waals surface area contributed by atoms with Gasteiger partial charge in [-0.1, -0.05) is 24.6 Å². The molecule has 1 atom stereocenters. The molecule has 1 unspecified atom stereocenters. The number of carbonyl (C=O) groups excluding carboxylic acids is 2. The molecule has 2 heterocycles. The van der Waals surface area contributed by atoms with Crippen LogP contribution >= 0.6 is 0 Å². The maximum absolute atomic E-state index is 12.9. The van der Waals surface area contributed by atoms with Gasteiger partial charge in [-0.2, -0.15) is 0 Å². The Balaban J connectivity index is 1.43. The summed E-state index contributed by atoms with van der Waals surface area (Å²) < 4.78 is 11.6. The average molecular weight is 452 g/mol. The Labute approximate surface area is 195 Å². The minimum atomic E-state index is -0.523. The van der Waals surface area contributed by atoms with Crippen molar-refractivity contribution in [2.45, 2.75) is 46.1 Å². The fourth-order valence-electron chi connectivity index (χ4n) is 4.50. The summed E-state index contributed by atoms with van der Waals surface area (Å²) in [6, 6.07) is 11.3. The van der Waals surface area contributed by atoms with E-state index in [0.717, 1.165) is 36.5 Å². The summed E-state index contributed by atoms with van der Waals surface area (Å²) in [6.45, 7) is 9.20. The molecule has 176 valence electrons. The average Bonchev–Trinajstić information content (AvgIpc) is 2.80. The summed E-state index contributed by atoms with van der Waals surface area (Å²) in [5.41, 5.74) is 3.29. The van der Waals surface area contributed by atoms with E-state index in [0.29, 0.717) is 23.7 Å². The molecule has 2 aliphatic heterocycles. The zero-order chi connectivity index (χ0) is 23.4. The lowest BCUT2D eigenvalue weighted by Gasteiger charge is -2.35. The van der Waals surface area contributed by atoms with E-state index in [1.165, 1.54) is 19.3 Å². The summed E-state index contributed by atoms with van der Waals surface area (Å²) in [5, 5.41) is 2.89. The lowest BCUT2D eigenvalue weighted by molar-refractivity contribution is -0.125. The standard InChI is InChI=1S/C26H33N3O4/c1-18-8-7-9-19(2)25(18)32-17-24(30)27-21-10-11-23-22(16-21)29(26(31)20(3)33-23)15-14-28-12-5-4-6-13-28/h7-11,16,20H,4-6,12-15,17H2,1-3H3,(H,27,30). The first-order valence-electron chi connectivity index (χ1n) is 11.8. The van der Waals surface area contributed by atoms with E-state index in [4.69, 9.17) is 9.47 Å². The molecule has 1 N–H and O–H groups in total. The monoisotopic (exact) mass is 451 g/mol. The van der Waals surface area contributed by atoms with Crippen molar-refractivity contribution in [2.24, 2.45) is 0 Å². The Kier molecular flexibility index (Phi) is 7.18. The Morgan fingerprint density at radius 3 is 2.55 bits per heavy atom. The van der Waals surface area contributed by atoms with Gasteiger partial charge in [-0.3, -0.25) is 9.59 Å². The number of para-hydroxylation sites is 1. The third-order valence-corrected chi connectivity index (χ3v) is 6.30. The zero-order valence-electron chi connectivity index (χ0n) is 19.7. The van der Waals surface area contributed by atoms with Gasteiger partial charge in [0.1, 0.15) is 11.5 Å². The van der Waals surface area contributed by atoms with Crippen molar-refractivity contribution in [3.8, 4) is 11.5 Å². The Morgan fingerprint density at radius 2 is 1.82 bits per heavy atom. The number of piperidine rings is 1. The number of nitrogens with one attached hydrogen (secondary N) is 1. The van der Waals surface area contributed by atoms with Crippen molar-refractivity contribution in [3.63, 3.8) is 0 Å². The predicted octanol–water partition coefficient (Wildman–Crippen LogP) is 3.92. The molecule has 0 spiro atoms. The summed E-state index contributed by atoms with van der Waals surface area (Å²) in [7, 11) is 0. The number of nitrogens with zero attached hydrogens (tertiary/aromatic N) is 2. The second kappa shape index (κ2) is 10.3. The molecule has 2 amide bonds. The molecule has 7 nitrogen and oxygen atoms in total. The van der Waals surface area contributed by atoms with E-state index < -0.39 is 6.10 Å². The van der Waals surface area contributed by atoms with Crippen LogP contribution in [-0.2, 0) is 9.59 Å². The SMILES string of the molecule is Cc1cccc(C)c1OCC(=O)Nc1ccc2c(c1)N(CCN1CCCCC1)C(=O)C(C)O2. The number of amides is 2. The van der Waals surface area contributed by atoms with Gasteiger partial charge in [-0.15, -0.1) is 0 Å². The maximum Gasteiger partial charge on any atom is 0.267 e. The molecule has 33 heavy (non-hydrogen) atoms. The minimum absolute atomic E-state index is 0.0543. The third kappa shape index (κ3) is 5.47. The molecular weight excluding hydrogens is 418 g/mol. The molecule has 1 fully saturated rings. The van der Waals surface area contributed by atoms with Crippen LogP contribution in [0.4, 0.5) is 11.4 Å². The van der Waals surface area contributed by atoms with Crippen LogP contribution in [0.15, 0.2) is 36.4 Å². The molecule has 2 aliphatic rings. The highest BCUT2D eigenvalue weighted by Gasteiger charge is 2.32. The van der Waals surface area contributed by atoms with Crippen LogP contribution in [0.2, 0.25) is 0 Å². The number of aryl methyl sites for hydroxylation is 2. The molecule has 4 rings (SSSR count). The molecule has 1 saturated heterocycles. The lowest BCUT2D eigenvalue weighted by atomic mass is 10.1. The maximum atomic E-state index is 12.9. The predicted molar refractivity (Wildman–Crippen MR) is 129 cm³/mol. The Morgan fingerprint density at radius 1 is 1.09 bits per heavy atom. The molecule has 7 heteroatoms. The van der Waals surface area contributed by atoms with Gasteiger partial charge in [-0.05, 0) is 76.0 Å². The second-order valence-electron chi connectivity index (χ2n) is 8.89. The lowest BCUT2D eigenvalue weighted by Crippen LogP contribution is -2.48. The Bertz CT molecular complexity index is 996. The smallest absolute Gasteiger partial charge is 0.267 e. The number of likely N-dealkylation sites (tertiary alicyclic amines) is 1. The van der Waals surface area contributed by atoms with Gasteiger partial charge in [0, 0.05) is 18.8 Å². The van der Waals surface area contributed by atoms with Crippen LogP contribution in [0.25, 0.3) is 0 Å². The second-order valence-corrected chi connectivity index (χ2v) is 8.89. The molecule has 0 aliphatic carbocycles. The van der Waals surface area contributed by atoms with Crippen molar-refractivity contribution in [3.05, 3.63) is 47.5 Å². The van der Waals surface area contributed by atoms with Crippen molar-refractivity contribution < 1.29 is 19.1 Å². The normalized spacial score (nSPS) is 18.5. The van der Waals surface area contributed by atoms with Gasteiger partial charge in [-0.25, -0.2) is 0 Å². The van der Waals surface area contributed by atoms with E-state index in [1.54, 1.807) is 17.9 Å². The number of carbonyl (C=O) groups is 2. The highest BCUT2D eigenvalue weighted by atomic mass is 16.5. The van der Waals surface area contributed by atoms with Crippen molar-refractivity contribution in [1.29, 1.82) is 0 Å². The van der Waals surface area contributed by atoms with E-state index in [1.807, 2.05) is 44.2 Å². The number of hydrogen-bond acceptors (Lipinski definition) is 5. The van der Waals surface area contributed by atoms with Crippen LogP contribution in [0, 0.1) is 13.8 Å².